The highest BCUT2D eigenvalue weighted by Gasteiger charge is 2.17. The Morgan fingerprint density at radius 2 is 2.00 bits per heavy atom. The number of carbonyl (C=O) groups excluding carboxylic acids is 1. The van der Waals surface area contributed by atoms with Crippen LogP contribution in [-0.2, 0) is 11.3 Å². The summed E-state index contributed by atoms with van der Waals surface area (Å²) in [5.41, 5.74) is 1.64. The number of hydrogen-bond acceptors (Lipinski definition) is 5. The topological polar surface area (TPSA) is 91.0 Å². The summed E-state index contributed by atoms with van der Waals surface area (Å²) < 4.78 is 7.88. The standard InChI is InChI=1S/C21H18ClN5O3/c1-13-16-11-23-27(15-7-5-6-14(22)10-15)20(16)21(29)26(25-13)12-19(28)24-17-8-3-4-9-18(17)30-2/h3-11H,12H2,1-2H3,(H,24,28). The van der Waals surface area contributed by atoms with Crippen molar-refractivity contribution in [3.8, 4) is 11.4 Å². The number of carbonyl (C=O) groups is 1. The van der Waals surface area contributed by atoms with Crippen molar-refractivity contribution in [2.75, 3.05) is 12.4 Å². The van der Waals surface area contributed by atoms with E-state index in [4.69, 9.17) is 16.3 Å². The van der Waals surface area contributed by atoms with E-state index in [0.717, 1.165) is 4.68 Å². The van der Waals surface area contributed by atoms with Crippen LogP contribution in [0.2, 0.25) is 5.02 Å². The normalized spacial score (nSPS) is 10.9. The molecule has 1 amide bonds. The first-order valence-corrected chi connectivity index (χ1v) is 9.50. The summed E-state index contributed by atoms with van der Waals surface area (Å²) in [5.74, 6) is 0.124. The lowest BCUT2D eigenvalue weighted by atomic mass is 10.2. The molecule has 0 radical (unpaired) electrons. The fraction of sp³-hybridized carbons (Fsp3) is 0.143. The predicted molar refractivity (Wildman–Crippen MR) is 114 cm³/mol. The largest absolute Gasteiger partial charge is 0.495 e. The summed E-state index contributed by atoms with van der Waals surface area (Å²) in [6.45, 7) is 1.51. The van der Waals surface area contributed by atoms with Gasteiger partial charge in [-0.15, -0.1) is 0 Å². The molecule has 152 valence electrons. The van der Waals surface area contributed by atoms with Crippen LogP contribution < -0.4 is 15.6 Å². The van der Waals surface area contributed by atoms with Gasteiger partial charge in [0, 0.05) is 10.4 Å². The van der Waals surface area contributed by atoms with Crippen molar-refractivity contribution in [1.29, 1.82) is 0 Å². The van der Waals surface area contributed by atoms with Gasteiger partial charge in [-0.2, -0.15) is 10.2 Å². The zero-order chi connectivity index (χ0) is 21.3. The number of anilines is 1. The Kier molecular flexibility index (Phi) is 5.24. The van der Waals surface area contributed by atoms with Crippen molar-refractivity contribution in [3.05, 3.63) is 75.8 Å². The average Bonchev–Trinajstić information content (AvgIpc) is 3.18. The zero-order valence-electron chi connectivity index (χ0n) is 16.3. The number of amides is 1. The number of aryl methyl sites for hydroxylation is 1. The Hall–Kier alpha value is -3.65. The lowest BCUT2D eigenvalue weighted by molar-refractivity contribution is -0.117. The predicted octanol–water partition coefficient (Wildman–Crippen LogP) is 3.19. The van der Waals surface area contributed by atoms with E-state index in [1.165, 1.54) is 11.8 Å². The molecule has 2 aromatic carbocycles. The quantitative estimate of drug-likeness (QED) is 0.532. The van der Waals surface area contributed by atoms with Crippen molar-refractivity contribution >= 4 is 34.1 Å². The van der Waals surface area contributed by atoms with Crippen molar-refractivity contribution < 1.29 is 9.53 Å². The Balaban J connectivity index is 1.71. The Labute approximate surface area is 176 Å². The van der Waals surface area contributed by atoms with E-state index in [0.29, 0.717) is 38.7 Å². The maximum Gasteiger partial charge on any atom is 0.293 e. The molecule has 0 unspecified atom stereocenters. The van der Waals surface area contributed by atoms with Gasteiger partial charge in [0.1, 0.15) is 17.8 Å². The summed E-state index contributed by atoms with van der Waals surface area (Å²) in [6.07, 6.45) is 1.58. The molecule has 0 aliphatic carbocycles. The first-order chi connectivity index (χ1) is 14.5. The van der Waals surface area contributed by atoms with Gasteiger partial charge in [-0.25, -0.2) is 9.36 Å². The van der Waals surface area contributed by atoms with Crippen LogP contribution in [0.3, 0.4) is 0 Å². The number of ether oxygens (including phenoxy) is 1. The number of nitrogens with zero attached hydrogens (tertiary/aromatic N) is 4. The second-order valence-corrected chi connectivity index (χ2v) is 7.03. The number of nitrogens with one attached hydrogen (secondary N) is 1. The van der Waals surface area contributed by atoms with E-state index in [1.807, 2.05) is 0 Å². The number of fused-ring (bicyclic) bond motifs is 1. The fourth-order valence-electron chi connectivity index (χ4n) is 3.21. The minimum Gasteiger partial charge on any atom is -0.495 e. The lowest BCUT2D eigenvalue weighted by Gasteiger charge is -2.11. The molecule has 0 saturated carbocycles. The second kappa shape index (κ2) is 8.00. The van der Waals surface area contributed by atoms with Crippen molar-refractivity contribution in [3.63, 3.8) is 0 Å². The molecule has 0 fully saturated rings. The van der Waals surface area contributed by atoms with Gasteiger partial charge in [-0.1, -0.05) is 29.8 Å². The van der Waals surface area contributed by atoms with Crippen LogP contribution in [0.5, 0.6) is 5.75 Å². The van der Waals surface area contributed by atoms with Crippen LogP contribution in [0.25, 0.3) is 16.6 Å². The highest BCUT2D eigenvalue weighted by Crippen LogP contribution is 2.23. The summed E-state index contributed by atoms with van der Waals surface area (Å²) in [5, 5.41) is 12.5. The molecule has 9 heteroatoms. The van der Waals surface area contributed by atoms with Crippen LogP contribution in [0.15, 0.2) is 59.5 Å². The molecular weight excluding hydrogens is 406 g/mol. The smallest absolute Gasteiger partial charge is 0.293 e. The van der Waals surface area contributed by atoms with Crippen LogP contribution >= 0.6 is 11.6 Å². The van der Waals surface area contributed by atoms with E-state index in [2.05, 4.69) is 15.5 Å². The summed E-state index contributed by atoms with van der Waals surface area (Å²) in [6, 6.07) is 14.1. The third-order valence-corrected chi connectivity index (χ3v) is 4.83. The number of hydrogen-bond donors (Lipinski definition) is 1. The molecule has 4 rings (SSSR count). The molecule has 30 heavy (non-hydrogen) atoms. The van der Waals surface area contributed by atoms with Gasteiger partial charge in [0.2, 0.25) is 5.91 Å². The monoisotopic (exact) mass is 423 g/mol. The van der Waals surface area contributed by atoms with Gasteiger partial charge in [0.15, 0.2) is 0 Å². The number of para-hydroxylation sites is 2. The number of benzene rings is 2. The van der Waals surface area contributed by atoms with E-state index < -0.39 is 11.5 Å². The molecule has 0 aliphatic rings. The molecule has 0 aliphatic heterocycles. The van der Waals surface area contributed by atoms with Gasteiger partial charge in [0.25, 0.3) is 5.56 Å². The van der Waals surface area contributed by atoms with Gasteiger partial charge in [-0.05, 0) is 37.3 Å². The van der Waals surface area contributed by atoms with Gasteiger partial charge < -0.3 is 10.1 Å². The second-order valence-electron chi connectivity index (χ2n) is 6.60. The van der Waals surface area contributed by atoms with Crippen LogP contribution in [0, 0.1) is 6.92 Å². The Morgan fingerprint density at radius 3 is 2.77 bits per heavy atom. The molecule has 0 atom stereocenters. The van der Waals surface area contributed by atoms with Crippen molar-refractivity contribution in [2.45, 2.75) is 13.5 Å². The van der Waals surface area contributed by atoms with Crippen molar-refractivity contribution in [2.24, 2.45) is 0 Å². The van der Waals surface area contributed by atoms with Crippen LogP contribution in [-0.4, -0.2) is 32.6 Å². The van der Waals surface area contributed by atoms with Gasteiger partial charge in [0.05, 0.1) is 30.4 Å². The first kappa shape index (κ1) is 19.7. The SMILES string of the molecule is COc1ccccc1NC(=O)Cn1nc(C)c2cnn(-c3cccc(Cl)c3)c2c1=O. The third-order valence-electron chi connectivity index (χ3n) is 4.59. The van der Waals surface area contributed by atoms with E-state index in [1.54, 1.807) is 61.7 Å². The van der Waals surface area contributed by atoms with E-state index in [-0.39, 0.29) is 6.54 Å². The number of aromatic nitrogens is 4. The fourth-order valence-corrected chi connectivity index (χ4v) is 3.39. The molecule has 0 bridgehead atoms. The lowest BCUT2D eigenvalue weighted by Crippen LogP contribution is -2.31. The highest BCUT2D eigenvalue weighted by atomic mass is 35.5. The van der Waals surface area contributed by atoms with Gasteiger partial charge >= 0.3 is 0 Å². The number of rotatable bonds is 5. The highest BCUT2D eigenvalue weighted by molar-refractivity contribution is 6.30. The number of halogens is 1. The molecule has 0 saturated heterocycles. The zero-order valence-corrected chi connectivity index (χ0v) is 17.1. The average molecular weight is 424 g/mol. The molecule has 4 aromatic rings. The Morgan fingerprint density at radius 1 is 1.20 bits per heavy atom. The maximum absolute atomic E-state index is 13.1. The van der Waals surface area contributed by atoms with E-state index >= 15 is 0 Å². The van der Waals surface area contributed by atoms with Crippen LogP contribution in [0.1, 0.15) is 5.69 Å². The summed E-state index contributed by atoms with van der Waals surface area (Å²) in [4.78, 5) is 25.7. The molecule has 1 N–H and O–H groups in total. The first-order valence-electron chi connectivity index (χ1n) is 9.12. The minimum atomic E-state index is -0.428. The van der Waals surface area contributed by atoms with Gasteiger partial charge in [-0.3, -0.25) is 9.59 Å². The molecule has 8 nitrogen and oxygen atoms in total. The van der Waals surface area contributed by atoms with Crippen molar-refractivity contribution in [1.82, 2.24) is 19.6 Å². The molecule has 2 heterocycles. The Bertz CT molecular complexity index is 1310. The number of methoxy groups -OCH3 is 1. The molecule has 2 aromatic heterocycles. The summed E-state index contributed by atoms with van der Waals surface area (Å²) >= 11 is 6.09. The van der Waals surface area contributed by atoms with Crippen LogP contribution in [0.4, 0.5) is 5.69 Å². The summed E-state index contributed by atoms with van der Waals surface area (Å²) in [7, 11) is 1.52. The van der Waals surface area contributed by atoms with E-state index in [9.17, 15) is 9.59 Å². The minimum absolute atomic E-state index is 0.256. The molecular formula is C21H18ClN5O3. The third kappa shape index (κ3) is 3.65. The maximum atomic E-state index is 13.1. The molecule has 0 spiro atoms.